The summed E-state index contributed by atoms with van der Waals surface area (Å²) in [7, 11) is -1.69. The smallest absolute Gasteiger partial charge is 0.244 e. The van der Waals surface area contributed by atoms with Crippen LogP contribution in [0.25, 0.3) is 0 Å². The number of aryl methyl sites for hydroxylation is 1. The van der Waals surface area contributed by atoms with Crippen LogP contribution in [0.4, 0.5) is 0 Å². The number of sulfonamides is 1. The summed E-state index contributed by atoms with van der Waals surface area (Å²) >= 11 is 0. The molecule has 1 aliphatic carbocycles. The zero-order valence-corrected chi connectivity index (χ0v) is 11.6. The molecule has 3 N–H and O–H groups in total. The van der Waals surface area contributed by atoms with E-state index in [1.807, 2.05) is 0 Å². The van der Waals surface area contributed by atoms with Crippen molar-refractivity contribution in [2.45, 2.75) is 37.6 Å². The van der Waals surface area contributed by atoms with E-state index in [1.165, 1.54) is 6.42 Å². The number of nitrogens with one attached hydrogen (secondary N) is 3. The van der Waals surface area contributed by atoms with Gasteiger partial charge in [-0.15, -0.1) is 0 Å². The van der Waals surface area contributed by atoms with Crippen LogP contribution in [0, 0.1) is 12.8 Å². The fourth-order valence-electron chi connectivity index (χ4n) is 2.11. The number of aromatic amines is 1. The van der Waals surface area contributed by atoms with E-state index in [0.29, 0.717) is 30.4 Å². The molecular weight excluding hydrogens is 252 g/mol. The molecule has 0 amide bonds. The van der Waals surface area contributed by atoms with Crippen LogP contribution in [0.15, 0.2) is 4.90 Å². The Balaban J connectivity index is 2.14. The minimum Gasteiger partial charge on any atom is -0.314 e. The van der Waals surface area contributed by atoms with Crippen LogP contribution < -0.4 is 10.0 Å². The largest absolute Gasteiger partial charge is 0.314 e. The Bertz CT molecular complexity index is 505. The molecule has 1 heterocycles. The lowest BCUT2D eigenvalue weighted by Crippen LogP contribution is -2.33. The number of rotatable bonds is 6. The number of aromatic nitrogens is 2. The van der Waals surface area contributed by atoms with E-state index in [-0.39, 0.29) is 4.90 Å². The molecule has 2 rings (SSSR count). The van der Waals surface area contributed by atoms with Crippen LogP contribution in [0.2, 0.25) is 0 Å². The van der Waals surface area contributed by atoms with Crippen molar-refractivity contribution >= 4 is 10.0 Å². The van der Waals surface area contributed by atoms with Crippen LogP contribution in [0.5, 0.6) is 0 Å². The van der Waals surface area contributed by atoms with Gasteiger partial charge in [0.25, 0.3) is 0 Å². The van der Waals surface area contributed by atoms with Gasteiger partial charge in [0.2, 0.25) is 10.0 Å². The van der Waals surface area contributed by atoms with Crippen molar-refractivity contribution in [1.82, 2.24) is 20.2 Å². The van der Waals surface area contributed by atoms with Crippen molar-refractivity contribution < 1.29 is 8.42 Å². The van der Waals surface area contributed by atoms with E-state index >= 15 is 0 Å². The van der Waals surface area contributed by atoms with E-state index in [0.717, 1.165) is 12.8 Å². The highest BCUT2D eigenvalue weighted by Gasteiger charge is 2.26. The first-order valence-electron chi connectivity index (χ1n) is 6.22. The summed E-state index contributed by atoms with van der Waals surface area (Å²) in [6.07, 6.45) is 3.45. The lowest BCUT2D eigenvalue weighted by atomic mass is 9.86. The Morgan fingerprint density at radius 1 is 1.44 bits per heavy atom. The molecule has 1 aromatic rings. The third-order valence-electron chi connectivity index (χ3n) is 3.36. The highest BCUT2D eigenvalue weighted by atomic mass is 32.2. The Morgan fingerprint density at radius 2 is 2.17 bits per heavy atom. The second-order valence-corrected chi connectivity index (χ2v) is 6.51. The molecule has 0 atom stereocenters. The minimum absolute atomic E-state index is 0.288. The summed E-state index contributed by atoms with van der Waals surface area (Å²) in [6.45, 7) is 2.69. The van der Waals surface area contributed by atoms with Gasteiger partial charge in [-0.25, -0.2) is 13.1 Å². The van der Waals surface area contributed by atoms with Crippen LogP contribution in [-0.2, 0) is 16.6 Å². The summed E-state index contributed by atoms with van der Waals surface area (Å²) in [5.41, 5.74) is 1.12. The van der Waals surface area contributed by atoms with Gasteiger partial charge in [-0.1, -0.05) is 6.42 Å². The first-order valence-corrected chi connectivity index (χ1v) is 7.71. The van der Waals surface area contributed by atoms with Crippen molar-refractivity contribution in [1.29, 1.82) is 0 Å². The molecule has 1 fully saturated rings. The summed E-state index contributed by atoms with van der Waals surface area (Å²) < 4.78 is 27.2. The lowest BCUT2D eigenvalue weighted by molar-refractivity contribution is 0.316. The third kappa shape index (κ3) is 2.73. The normalized spacial score (nSPS) is 16.8. The first kappa shape index (κ1) is 13.5. The van der Waals surface area contributed by atoms with E-state index in [2.05, 4.69) is 20.2 Å². The average Bonchev–Trinajstić information content (AvgIpc) is 2.58. The maximum Gasteiger partial charge on any atom is 0.244 e. The molecule has 0 saturated heterocycles. The van der Waals surface area contributed by atoms with Gasteiger partial charge in [0.1, 0.15) is 4.90 Å². The van der Waals surface area contributed by atoms with Gasteiger partial charge in [-0.2, -0.15) is 5.10 Å². The zero-order valence-electron chi connectivity index (χ0n) is 10.8. The second kappa shape index (κ2) is 5.38. The molecule has 7 heteroatoms. The molecule has 0 aromatic carbocycles. The van der Waals surface area contributed by atoms with Gasteiger partial charge in [0.05, 0.1) is 11.4 Å². The van der Waals surface area contributed by atoms with E-state index in [9.17, 15) is 8.42 Å². The molecule has 18 heavy (non-hydrogen) atoms. The van der Waals surface area contributed by atoms with Gasteiger partial charge < -0.3 is 5.32 Å². The van der Waals surface area contributed by atoms with Crippen molar-refractivity contribution in [3.8, 4) is 0 Å². The predicted molar refractivity (Wildman–Crippen MR) is 68.6 cm³/mol. The van der Waals surface area contributed by atoms with Gasteiger partial charge in [0.15, 0.2) is 0 Å². The van der Waals surface area contributed by atoms with Gasteiger partial charge in [-0.3, -0.25) is 5.10 Å². The van der Waals surface area contributed by atoms with E-state index in [1.54, 1.807) is 14.0 Å². The molecule has 1 saturated carbocycles. The molecule has 0 spiro atoms. The number of hydrogen-bond acceptors (Lipinski definition) is 4. The topological polar surface area (TPSA) is 86.9 Å². The van der Waals surface area contributed by atoms with E-state index in [4.69, 9.17) is 0 Å². The monoisotopic (exact) mass is 272 g/mol. The Hall–Kier alpha value is -0.920. The van der Waals surface area contributed by atoms with Crippen molar-refractivity contribution in [3.63, 3.8) is 0 Å². The summed E-state index contributed by atoms with van der Waals surface area (Å²) in [5.74, 6) is 0.500. The average molecular weight is 272 g/mol. The van der Waals surface area contributed by atoms with E-state index < -0.39 is 10.0 Å². The summed E-state index contributed by atoms with van der Waals surface area (Å²) in [5, 5.41) is 9.68. The van der Waals surface area contributed by atoms with Crippen molar-refractivity contribution in [3.05, 3.63) is 11.4 Å². The summed E-state index contributed by atoms with van der Waals surface area (Å²) in [4.78, 5) is 0.288. The molecule has 0 unspecified atom stereocenters. The fraction of sp³-hybridized carbons (Fsp3) is 0.727. The number of H-pyrrole nitrogens is 1. The lowest BCUT2D eigenvalue weighted by Gasteiger charge is -2.25. The second-order valence-electron chi connectivity index (χ2n) is 4.80. The first-order chi connectivity index (χ1) is 8.54. The molecular formula is C11H20N4O2S. The standard InChI is InChI=1S/C11H20N4O2S/c1-8-11(10(7-12-2)15-14-8)18(16,17)13-6-9-4-3-5-9/h9,12-13H,3-7H2,1-2H3,(H,14,15). The SMILES string of the molecule is CNCc1n[nH]c(C)c1S(=O)(=O)NCC1CCC1. The minimum atomic E-state index is -3.46. The molecule has 0 aliphatic heterocycles. The molecule has 1 aromatic heterocycles. The quantitative estimate of drug-likeness (QED) is 0.704. The molecule has 102 valence electrons. The maximum absolute atomic E-state index is 12.3. The molecule has 1 aliphatic rings. The number of hydrogen-bond donors (Lipinski definition) is 3. The highest BCUT2D eigenvalue weighted by molar-refractivity contribution is 7.89. The van der Waals surface area contributed by atoms with Gasteiger partial charge in [0, 0.05) is 13.1 Å². The predicted octanol–water partition coefficient (Wildman–Crippen LogP) is 0.516. The third-order valence-corrected chi connectivity index (χ3v) is 4.99. The number of nitrogens with zero attached hydrogens (tertiary/aromatic N) is 1. The van der Waals surface area contributed by atoms with Crippen LogP contribution in [0.1, 0.15) is 30.7 Å². The van der Waals surface area contributed by atoms with Crippen LogP contribution in [-0.4, -0.2) is 32.2 Å². The fourth-order valence-corrected chi connectivity index (χ4v) is 3.59. The molecule has 0 radical (unpaired) electrons. The molecule has 0 bridgehead atoms. The van der Waals surface area contributed by atoms with Gasteiger partial charge in [-0.05, 0) is 32.7 Å². The Morgan fingerprint density at radius 3 is 2.72 bits per heavy atom. The maximum atomic E-state index is 12.3. The van der Waals surface area contributed by atoms with Gasteiger partial charge >= 0.3 is 0 Å². The zero-order chi connectivity index (χ0) is 13.2. The van der Waals surface area contributed by atoms with Crippen molar-refractivity contribution in [2.75, 3.05) is 13.6 Å². The molecule has 6 nitrogen and oxygen atoms in total. The Labute approximate surface area is 108 Å². The summed E-state index contributed by atoms with van der Waals surface area (Å²) in [6, 6.07) is 0. The Kier molecular flexibility index (Phi) is 4.04. The van der Waals surface area contributed by atoms with Crippen molar-refractivity contribution in [2.24, 2.45) is 5.92 Å². The highest BCUT2D eigenvalue weighted by Crippen LogP contribution is 2.26. The van der Waals surface area contributed by atoms with Crippen LogP contribution >= 0.6 is 0 Å². The van der Waals surface area contributed by atoms with Crippen LogP contribution in [0.3, 0.4) is 0 Å².